The number of benzene rings is 2. The lowest BCUT2D eigenvalue weighted by atomic mass is 10.1. The second kappa shape index (κ2) is 9.34. The average Bonchev–Trinajstić information content (AvgIpc) is 3.34. The van der Waals surface area contributed by atoms with Crippen LogP contribution < -0.4 is 5.32 Å². The first-order valence-electron chi connectivity index (χ1n) is 10.6. The lowest BCUT2D eigenvalue weighted by molar-refractivity contribution is 0.102. The van der Waals surface area contributed by atoms with Crippen LogP contribution in [-0.4, -0.2) is 36.7 Å². The number of thiophene rings is 1. The van der Waals surface area contributed by atoms with E-state index in [2.05, 4.69) is 5.32 Å². The molecule has 1 N–H and O–H groups in total. The molecule has 0 bridgehead atoms. The Kier molecular flexibility index (Phi) is 6.67. The minimum absolute atomic E-state index is 0.181. The van der Waals surface area contributed by atoms with Crippen LogP contribution in [0.3, 0.4) is 0 Å². The number of nitrogens with one attached hydrogen (secondary N) is 1. The second-order valence-corrected chi connectivity index (χ2v) is 11.7. The van der Waals surface area contributed by atoms with E-state index in [0.29, 0.717) is 18.7 Å². The van der Waals surface area contributed by atoms with Crippen molar-refractivity contribution in [3.05, 3.63) is 64.5 Å². The normalized spacial score (nSPS) is 11.9. The molecule has 4 aromatic rings. The van der Waals surface area contributed by atoms with Crippen molar-refractivity contribution in [2.45, 2.75) is 32.6 Å². The van der Waals surface area contributed by atoms with Gasteiger partial charge in [0.05, 0.1) is 15.1 Å². The van der Waals surface area contributed by atoms with E-state index in [-0.39, 0.29) is 10.8 Å². The lowest BCUT2D eigenvalue weighted by Gasteiger charge is -2.18. The standard InChI is InChI=1S/C24H25N3O3S3/c1-5-27(6-2)33(29,30)18-13-11-17(12-14-18)22(28)26-24-21(15(3)16(4)31-24)23-25-19-9-7-8-10-20(19)32-23/h7-14H,5-6H2,1-4H3,(H,26,28). The number of hydrogen-bond donors (Lipinski definition) is 1. The molecular weight excluding hydrogens is 474 g/mol. The molecule has 9 heteroatoms. The van der Waals surface area contributed by atoms with E-state index in [1.807, 2.05) is 38.1 Å². The number of anilines is 1. The molecule has 1 amide bonds. The Labute approximate surface area is 202 Å². The van der Waals surface area contributed by atoms with Crippen molar-refractivity contribution in [3.63, 3.8) is 0 Å². The zero-order chi connectivity index (χ0) is 23.8. The van der Waals surface area contributed by atoms with Gasteiger partial charge in [-0.05, 0) is 55.8 Å². The summed E-state index contributed by atoms with van der Waals surface area (Å²) in [6, 6.07) is 14.1. The van der Waals surface area contributed by atoms with Crippen molar-refractivity contribution in [1.29, 1.82) is 0 Å². The Hall–Kier alpha value is -2.59. The van der Waals surface area contributed by atoms with Crippen molar-refractivity contribution < 1.29 is 13.2 Å². The number of para-hydroxylation sites is 1. The maximum absolute atomic E-state index is 13.0. The third-order valence-corrected chi connectivity index (χ3v) is 9.82. The number of hydrogen-bond acceptors (Lipinski definition) is 6. The van der Waals surface area contributed by atoms with Gasteiger partial charge < -0.3 is 5.32 Å². The van der Waals surface area contributed by atoms with Crippen LogP contribution in [0.5, 0.6) is 0 Å². The van der Waals surface area contributed by atoms with E-state index in [9.17, 15) is 13.2 Å². The first-order valence-corrected chi connectivity index (χ1v) is 13.7. The second-order valence-electron chi connectivity index (χ2n) is 7.54. The molecule has 0 fully saturated rings. The van der Waals surface area contributed by atoms with Gasteiger partial charge in [0.1, 0.15) is 10.0 Å². The van der Waals surface area contributed by atoms with E-state index < -0.39 is 10.0 Å². The van der Waals surface area contributed by atoms with Gasteiger partial charge in [-0.25, -0.2) is 13.4 Å². The molecule has 0 saturated carbocycles. The minimum atomic E-state index is -3.56. The molecule has 0 radical (unpaired) electrons. The van der Waals surface area contributed by atoms with Crippen LogP contribution >= 0.6 is 22.7 Å². The molecule has 4 rings (SSSR count). The number of amides is 1. The molecule has 2 heterocycles. The third-order valence-electron chi connectivity index (χ3n) is 5.58. The molecule has 33 heavy (non-hydrogen) atoms. The van der Waals surface area contributed by atoms with E-state index in [1.165, 1.54) is 27.8 Å². The zero-order valence-electron chi connectivity index (χ0n) is 18.9. The molecule has 0 atom stereocenters. The van der Waals surface area contributed by atoms with E-state index in [1.54, 1.807) is 37.3 Å². The summed E-state index contributed by atoms with van der Waals surface area (Å²) in [5, 5.41) is 4.63. The third kappa shape index (κ3) is 4.46. The van der Waals surface area contributed by atoms with Crippen LogP contribution in [0.1, 0.15) is 34.6 Å². The van der Waals surface area contributed by atoms with Crippen LogP contribution in [0.2, 0.25) is 0 Å². The molecule has 172 valence electrons. The quantitative estimate of drug-likeness (QED) is 0.342. The SMILES string of the molecule is CCN(CC)S(=O)(=O)c1ccc(C(=O)Nc2sc(C)c(C)c2-c2nc3ccccc3s2)cc1. The highest BCUT2D eigenvalue weighted by Crippen LogP contribution is 2.43. The van der Waals surface area contributed by atoms with Gasteiger partial charge in [-0.15, -0.1) is 22.7 Å². The molecule has 0 spiro atoms. The summed E-state index contributed by atoms with van der Waals surface area (Å²) in [4.78, 5) is 19.1. The lowest BCUT2D eigenvalue weighted by Crippen LogP contribution is -2.30. The summed E-state index contributed by atoms with van der Waals surface area (Å²) in [5.41, 5.74) is 3.36. The van der Waals surface area contributed by atoms with Crippen molar-refractivity contribution >= 4 is 53.8 Å². The number of carbonyl (C=O) groups is 1. The molecule has 0 aliphatic heterocycles. The van der Waals surface area contributed by atoms with Gasteiger partial charge in [0.2, 0.25) is 10.0 Å². The Balaban J connectivity index is 1.63. The fourth-order valence-corrected chi connectivity index (χ4v) is 7.27. The van der Waals surface area contributed by atoms with Gasteiger partial charge in [0, 0.05) is 29.1 Å². The molecule has 0 aliphatic rings. The Morgan fingerprint density at radius 2 is 1.67 bits per heavy atom. The molecular formula is C24H25N3O3S3. The predicted octanol–water partition coefficient (Wildman–Crippen LogP) is 5.92. The number of aromatic nitrogens is 1. The number of fused-ring (bicyclic) bond motifs is 1. The maximum atomic E-state index is 13.0. The Bertz CT molecular complexity index is 1380. The first-order chi connectivity index (χ1) is 15.8. The van der Waals surface area contributed by atoms with E-state index in [0.717, 1.165) is 36.2 Å². The average molecular weight is 500 g/mol. The highest BCUT2D eigenvalue weighted by molar-refractivity contribution is 7.89. The molecule has 2 aromatic carbocycles. The smallest absolute Gasteiger partial charge is 0.256 e. The van der Waals surface area contributed by atoms with Gasteiger partial charge in [-0.3, -0.25) is 4.79 Å². The number of sulfonamides is 1. The summed E-state index contributed by atoms with van der Waals surface area (Å²) in [6.45, 7) is 8.46. The van der Waals surface area contributed by atoms with Crippen LogP contribution in [0, 0.1) is 13.8 Å². The topological polar surface area (TPSA) is 79.4 Å². The van der Waals surface area contributed by atoms with Crippen molar-refractivity contribution in [2.24, 2.45) is 0 Å². The van der Waals surface area contributed by atoms with Crippen LogP contribution in [0.25, 0.3) is 20.8 Å². The molecule has 0 saturated heterocycles. The zero-order valence-corrected chi connectivity index (χ0v) is 21.3. The maximum Gasteiger partial charge on any atom is 0.256 e. The highest BCUT2D eigenvalue weighted by Gasteiger charge is 2.23. The number of aryl methyl sites for hydroxylation is 1. The van der Waals surface area contributed by atoms with Crippen molar-refractivity contribution in [1.82, 2.24) is 9.29 Å². The summed E-state index contributed by atoms with van der Waals surface area (Å²) in [5.74, 6) is -0.287. The molecule has 6 nitrogen and oxygen atoms in total. The van der Waals surface area contributed by atoms with Crippen LogP contribution in [-0.2, 0) is 10.0 Å². The van der Waals surface area contributed by atoms with Crippen molar-refractivity contribution in [2.75, 3.05) is 18.4 Å². The van der Waals surface area contributed by atoms with Gasteiger partial charge in [0.15, 0.2) is 0 Å². The van der Waals surface area contributed by atoms with Crippen LogP contribution in [0.4, 0.5) is 5.00 Å². The minimum Gasteiger partial charge on any atom is -0.313 e. The van der Waals surface area contributed by atoms with Gasteiger partial charge in [-0.1, -0.05) is 26.0 Å². The first kappa shape index (κ1) is 23.6. The number of thiazole rings is 1. The van der Waals surface area contributed by atoms with E-state index >= 15 is 0 Å². The molecule has 0 unspecified atom stereocenters. The summed E-state index contributed by atoms with van der Waals surface area (Å²) in [6.07, 6.45) is 0. The Morgan fingerprint density at radius 3 is 2.30 bits per heavy atom. The van der Waals surface area contributed by atoms with Gasteiger partial charge in [-0.2, -0.15) is 4.31 Å². The predicted molar refractivity (Wildman–Crippen MR) is 137 cm³/mol. The number of nitrogens with zero attached hydrogens (tertiary/aromatic N) is 2. The highest BCUT2D eigenvalue weighted by atomic mass is 32.2. The monoisotopic (exact) mass is 499 g/mol. The summed E-state index contributed by atoms with van der Waals surface area (Å²) in [7, 11) is -3.56. The fraction of sp³-hybridized carbons (Fsp3) is 0.250. The van der Waals surface area contributed by atoms with Crippen LogP contribution in [0.15, 0.2) is 53.4 Å². The molecule has 0 aliphatic carbocycles. The van der Waals surface area contributed by atoms with E-state index in [4.69, 9.17) is 4.98 Å². The van der Waals surface area contributed by atoms with Crippen molar-refractivity contribution in [3.8, 4) is 10.6 Å². The summed E-state index contributed by atoms with van der Waals surface area (Å²) < 4.78 is 27.9. The summed E-state index contributed by atoms with van der Waals surface area (Å²) >= 11 is 3.12. The Morgan fingerprint density at radius 1 is 1.00 bits per heavy atom. The van der Waals surface area contributed by atoms with Gasteiger partial charge in [0.25, 0.3) is 5.91 Å². The fourth-order valence-electron chi connectivity index (χ4n) is 3.62. The van der Waals surface area contributed by atoms with Gasteiger partial charge >= 0.3 is 0 Å². The number of carbonyl (C=O) groups excluding carboxylic acids is 1. The number of rotatable bonds is 7. The largest absolute Gasteiger partial charge is 0.313 e. The molecule has 2 aromatic heterocycles.